The molecule has 0 bridgehead atoms. The van der Waals surface area contributed by atoms with Gasteiger partial charge in [0.05, 0.1) is 17.4 Å². The fourth-order valence-electron chi connectivity index (χ4n) is 9.95. The van der Waals surface area contributed by atoms with E-state index in [-0.39, 0.29) is 11.5 Å². The molecule has 0 spiro atoms. The summed E-state index contributed by atoms with van der Waals surface area (Å²) in [5.41, 5.74) is 19.0. The molecule has 2 aliphatic heterocycles. The van der Waals surface area contributed by atoms with E-state index in [0.717, 1.165) is 40.2 Å². The number of benzene rings is 7. The van der Waals surface area contributed by atoms with E-state index in [4.69, 9.17) is 9.41 Å². The molecular weight excluding hydrogens is 719 g/mol. The van der Waals surface area contributed by atoms with Crippen LogP contribution in [0.3, 0.4) is 0 Å². The molecule has 2 aliphatic carbocycles. The quantitative estimate of drug-likeness (QED) is 0.190. The lowest BCUT2D eigenvalue weighted by atomic mass is 9.81. The van der Waals surface area contributed by atoms with Crippen LogP contribution in [0.4, 0.5) is 11.4 Å². The van der Waals surface area contributed by atoms with Crippen LogP contribution in [-0.4, -0.2) is 5.84 Å². The molecule has 0 saturated heterocycles. The van der Waals surface area contributed by atoms with Crippen LogP contribution in [0.1, 0.15) is 65.6 Å². The number of amidine groups is 1. The fraction of sp³-hybridized carbons (Fsp3) is 0.109. The van der Waals surface area contributed by atoms with Gasteiger partial charge in [-0.25, -0.2) is 4.99 Å². The van der Waals surface area contributed by atoms with Crippen LogP contribution in [0.2, 0.25) is 0 Å². The average molecular weight is 760 g/mol. The zero-order valence-electron chi connectivity index (χ0n) is 33.0. The number of anilines is 2. The van der Waals surface area contributed by atoms with E-state index < -0.39 is 0 Å². The Morgan fingerprint density at radius 3 is 2.12 bits per heavy atom. The van der Waals surface area contributed by atoms with E-state index in [1.807, 2.05) is 12.1 Å². The van der Waals surface area contributed by atoms with Gasteiger partial charge >= 0.3 is 0 Å². The number of rotatable bonds is 5. The Bertz CT molecular complexity index is 3110. The lowest BCUT2D eigenvalue weighted by Crippen LogP contribution is -2.31. The normalized spacial score (nSPS) is 18.4. The standard InChI is InChI=1S/C55H41N3O/c1-55(2)46-31-51-44(29-42(46)43-30-45-41-18-10-12-20-52(41)59-53(45)32-47(43)55)40-17-9-11-19-50(40)58(51)39-27-25-35(26-28-39)34-21-23-37(24-22-34)49-33-48(36-13-5-3-6-14-36)56-54(57-49)38-15-7-4-8-16-38/h3-16,18-33,40,48H,17H2,1-2H3,(H,56,57). The molecule has 0 fully saturated rings. The molecule has 0 radical (unpaired) electrons. The number of fused-ring (bicyclic) bond motifs is 9. The van der Waals surface area contributed by atoms with Crippen molar-refractivity contribution in [3.8, 4) is 22.3 Å². The Hall–Kier alpha value is -7.17. The zero-order valence-corrected chi connectivity index (χ0v) is 33.0. The van der Waals surface area contributed by atoms with E-state index in [2.05, 4.69) is 194 Å². The summed E-state index contributed by atoms with van der Waals surface area (Å²) in [6.07, 6.45) is 10.1. The fourth-order valence-corrected chi connectivity index (χ4v) is 9.95. The van der Waals surface area contributed by atoms with Crippen molar-refractivity contribution in [1.29, 1.82) is 0 Å². The largest absolute Gasteiger partial charge is 0.456 e. The SMILES string of the molecule is CC1(C)c2cc3c(cc2-c2cc4c(cc21)oc1ccccc14)C1CC=CC=C1N3c1ccc(-c2ccc(C3=CC(c4ccccc4)NC(c4ccccc4)=N3)cc2)cc1. The van der Waals surface area contributed by atoms with Crippen LogP contribution in [-0.2, 0) is 5.41 Å². The highest BCUT2D eigenvalue weighted by atomic mass is 16.3. The molecular formula is C55H41N3O. The van der Waals surface area contributed by atoms with Crippen LogP contribution >= 0.6 is 0 Å². The highest BCUT2D eigenvalue weighted by molar-refractivity contribution is 6.08. The first-order valence-electron chi connectivity index (χ1n) is 20.7. The summed E-state index contributed by atoms with van der Waals surface area (Å²) in [5.74, 6) is 1.20. The first kappa shape index (κ1) is 33.9. The summed E-state index contributed by atoms with van der Waals surface area (Å²) in [6, 6.07) is 57.0. The number of hydrogen-bond donors (Lipinski definition) is 1. The van der Waals surface area contributed by atoms with Crippen LogP contribution in [0.5, 0.6) is 0 Å². The number of aliphatic imine (C=N–C) groups is 1. The summed E-state index contributed by atoms with van der Waals surface area (Å²) in [6.45, 7) is 4.73. The molecule has 1 aromatic heterocycles. The molecule has 0 amide bonds. The van der Waals surface area contributed by atoms with Gasteiger partial charge in [0.1, 0.15) is 17.0 Å². The monoisotopic (exact) mass is 759 g/mol. The second-order valence-electron chi connectivity index (χ2n) is 16.8. The topological polar surface area (TPSA) is 40.8 Å². The van der Waals surface area contributed by atoms with Crippen LogP contribution < -0.4 is 10.2 Å². The summed E-state index contributed by atoms with van der Waals surface area (Å²) in [4.78, 5) is 7.62. The third kappa shape index (κ3) is 5.33. The van der Waals surface area contributed by atoms with Crippen molar-refractivity contribution in [2.24, 2.45) is 4.99 Å². The molecule has 0 saturated carbocycles. The molecule has 1 N–H and O–H groups in total. The van der Waals surface area contributed by atoms with Gasteiger partial charge in [-0.1, -0.05) is 141 Å². The molecule has 282 valence electrons. The molecule has 7 aromatic carbocycles. The van der Waals surface area contributed by atoms with E-state index >= 15 is 0 Å². The van der Waals surface area contributed by atoms with Crippen molar-refractivity contribution in [3.63, 3.8) is 0 Å². The van der Waals surface area contributed by atoms with Crippen LogP contribution in [0.25, 0.3) is 49.9 Å². The van der Waals surface area contributed by atoms with Gasteiger partial charge in [-0.2, -0.15) is 0 Å². The van der Waals surface area contributed by atoms with Crippen molar-refractivity contribution >= 4 is 44.8 Å². The van der Waals surface area contributed by atoms with E-state index in [9.17, 15) is 0 Å². The number of para-hydroxylation sites is 1. The number of nitrogens with one attached hydrogen (secondary N) is 1. The van der Waals surface area contributed by atoms with Crippen molar-refractivity contribution < 1.29 is 4.42 Å². The summed E-state index contributed by atoms with van der Waals surface area (Å²) >= 11 is 0. The summed E-state index contributed by atoms with van der Waals surface area (Å²) < 4.78 is 6.38. The lowest BCUT2D eigenvalue weighted by Gasteiger charge is -2.26. The second-order valence-corrected chi connectivity index (χ2v) is 16.8. The van der Waals surface area contributed by atoms with Crippen molar-refractivity contribution in [3.05, 3.63) is 221 Å². The predicted octanol–water partition coefficient (Wildman–Crippen LogP) is 13.8. The summed E-state index contributed by atoms with van der Waals surface area (Å²) in [7, 11) is 0. The molecule has 12 rings (SSSR count). The van der Waals surface area contributed by atoms with Gasteiger partial charge in [0.25, 0.3) is 0 Å². The number of nitrogens with zero attached hydrogens (tertiary/aromatic N) is 2. The van der Waals surface area contributed by atoms with Crippen LogP contribution in [0.15, 0.2) is 197 Å². The van der Waals surface area contributed by atoms with Gasteiger partial charge in [-0.15, -0.1) is 0 Å². The Balaban J connectivity index is 0.880. The predicted molar refractivity (Wildman–Crippen MR) is 243 cm³/mol. The van der Waals surface area contributed by atoms with Gasteiger partial charge in [0, 0.05) is 39.1 Å². The molecule has 2 atom stereocenters. The molecule has 8 aromatic rings. The van der Waals surface area contributed by atoms with E-state index in [1.165, 1.54) is 72.4 Å². The lowest BCUT2D eigenvalue weighted by molar-refractivity contribution is 0.647. The number of hydrogen-bond acceptors (Lipinski definition) is 4. The molecule has 2 unspecified atom stereocenters. The number of furan rings is 1. The van der Waals surface area contributed by atoms with E-state index in [1.54, 1.807) is 0 Å². The third-order valence-electron chi connectivity index (χ3n) is 13.0. The number of allylic oxidation sites excluding steroid dienone is 4. The average Bonchev–Trinajstić information content (AvgIpc) is 3.90. The Morgan fingerprint density at radius 1 is 0.644 bits per heavy atom. The van der Waals surface area contributed by atoms with Gasteiger partial charge in [-0.3, -0.25) is 0 Å². The maximum Gasteiger partial charge on any atom is 0.135 e. The summed E-state index contributed by atoms with van der Waals surface area (Å²) in [5, 5.41) is 6.03. The minimum absolute atomic E-state index is 0.0205. The zero-order chi connectivity index (χ0) is 39.2. The Morgan fingerprint density at radius 2 is 1.32 bits per heavy atom. The second kappa shape index (κ2) is 12.9. The molecule has 4 nitrogen and oxygen atoms in total. The highest BCUT2D eigenvalue weighted by Crippen LogP contribution is 2.58. The van der Waals surface area contributed by atoms with Gasteiger partial charge in [0.15, 0.2) is 0 Å². The smallest absolute Gasteiger partial charge is 0.135 e. The highest BCUT2D eigenvalue weighted by Gasteiger charge is 2.42. The van der Waals surface area contributed by atoms with Crippen molar-refractivity contribution in [2.75, 3.05) is 4.90 Å². The molecule has 4 heteroatoms. The van der Waals surface area contributed by atoms with Crippen molar-refractivity contribution in [2.45, 2.75) is 37.6 Å². The van der Waals surface area contributed by atoms with Gasteiger partial charge in [0.2, 0.25) is 0 Å². The maximum absolute atomic E-state index is 6.38. The first-order valence-corrected chi connectivity index (χ1v) is 20.7. The minimum atomic E-state index is -0.171. The first-order chi connectivity index (χ1) is 29.0. The Kier molecular flexibility index (Phi) is 7.43. The third-order valence-corrected chi connectivity index (χ3v) is 13.0. The van der Waals surface area contributed by atoms with E-state index in [0.29, 0.717) is 5.92 Å². The van der Waals surface area contributed by atoms with Gasteiger partial charge < -0.3 is 14.6 Å². The maximum atomic E-state index is 6.38. The molecule has 59 heavy (non-hydrogen) atoms. The van der Waals surface area contributed by atoms with Crippen LogP contribution in [0, 0.1) is 0 Å². The van der Waals surface area contributed by atoms with Gasteiger partial charge in [-0.05, 0) is 111 Å². The minimum Gasteiger partial charge on any atom is -0.456 e. The Labute approximate surface area is 344 Å². The molecule has 4 aliphatic rings. The van der Waals surface area contributed by atoms with Crippen molar-refractivity contribution in [1.82, 2.24) is 5.32 Å². The molecule has 3 heterocycles.